The molecular weight excluding hydrogens is 316 g/mol. The lowest BCUT2D eigenvalue weighted by atomic mass is 9.80. The van der Waals surface area contributed by atoms with Crippen molar-refractivity contribution in [3.63, 3.8) is 0 Å². The van der Waals surface area contributed by atoms with Gasteiger partial charge in [-0.2, -0.15) is 0 Å². The van der Waals surface area contributed by atoms with E-state index in [0.29, 0.717) is 25.0 Å². The molecule has 25 heavy (non-hydrogen) atoms. The van der Waals surface area contributed by atoms with Crippen LogP contribution in [0.15, 0.2) is 35.9 Å². The van der Waals surface area contributed by atoms with E-state index in [2.05, 4.69) is 13.0 Å². The van der Waals surface area contributed by atoms with Crippen molar-refractivity contribution in [3.8, 4) is 5.75 Å². The van der Waals surface area contributed by atoms with Gasteiger partial charge in [-0.15, -0.1) is 0 Å². The van der Waals surface area contributed by atoms with Crippen molar-refractivity contribution in [3.05, 3.63) is 41.5 Å². The van der Waals surface area contributed by atoms with Gasteiger partial charge in [0.15, 0.2) is 6.29 Å². The van der Waals surface area contributed by atoms with Crippen LogP contribution in [0.1, 0.15) is 38.2 Å². The Balaban J connectivity index is 1.43. The zero-order chi connectivity index (χ0) is 17.5. The summed E-state index contributed by atoms with van der Waals surface area (Å²) in [5.74, 6) is 2.22. The molecule has 0 aromatic heterocycles. The van der Waals surface area contributed by atoms with Crippen LogP contribution in [0, 0.1) is 11.8 Å². The Labute approximate surface area is 151 Å². The Kier molecular flexibility index (Phi) is 6.91. The van der Waals surface area contributed by atoms with Crippen LogP contribution in [-0.4, -0.2) is 33.2 Å². The summed E-state index contributed by atoms with van der Waals surface area (Å²) >= 11 is 0. The lowest BCUT2D eigenvalue weighted by molar-refractivity contribution is -0.0977. The van der Waals surface area contributed by atoms with E-state index < -0.39 is 0 Å². The third-order valence-corrected chi connectivity index (χ3v) is 5.19. The number of hydrogen-bond acceptors (Lipinski definition) is 4. The Morgan fingerprint density at radius 2 is 1.72 bits per heavy atom. The van der Waals surface area contributed by atoms with Crippen LogP contribution < -0.4 is 4.74 Å². The summed E-state index contributed by atoms with van der Waals surface area (Å²) < 4.78 is 22.9. The highest BCUT2D eigenvalue weighted by atomic mass is 16.7. The maximum Gasteiger partial charge on any atom is 0.177 e. The number of hydrogen-bond donors (Lipinski definition) is 0. The zero-order valence-electron chi connectivity index (χ0n) is 15.4. The molecule has 1 aliphatic carbocycles. The molecule has 1 aromatic carbocycles. The molecule has 2 fully saturated rings. The second kappa shape index (κ2) is 9.37. The summed E-state index contributed by atoms with van der Waals surface area (Å²) in [6.07, 6.45) is 7.08. The minimum absolute atomic E-state index is 0.227. The molecule has 3 atom stereocenters. The fraction of sp³-hybridized carbons (Fsp3) is 0.619. The molecule has 4 nitrogen and oxygen atoms in total. The number of benzene rings is 1. The van der Waals surface area contributed by atoms with Gasteiger partial charge in [-0.3, -0.25) is 0 Å². The molecule has 4 heteroatoms. The molecule has 138 valence electrons. The van der Waals surface area contributed by atoms with E-state index in [4.69, 9.17) is 18.9 Å². The van der Waals surface area contributed by atoms with E-state index in [0.717, 1.165) is 30.1 Å². The number of fused-ring (bicyclic) bond motifs is 1. The molecule has 1 heterocycles. The summed E-state index contributed by atoms with van der Waals surface area (Å²) in [4.78, 5) is 0. The fourth-order valence-corrected chi connectivity index (χ4v) is 3.64. The third kappa shape index (κ3) is 5.56. The zero-order valence-corrected chi connectivity index (χ0v) is 15.4. The number of methoxy groups -OCH3 is 1. The van der Waals surface area contributed by atoms with Crippen molar-refractivity contribution < 1.29 is 18.9 Å². The van der Waals surface area contributed by atoms with Crippen molar-refractivity contribution in [1.29, 1.82) is 0 Å². The summed E-state index contributed by atoms with van der Waals surface area (Å²) in [5.41, 5.74) is 2.28. The minimum Gasteiger partial charge on any atom is -0.497 e. The van der Waals surface area contributed by atoms with Gasteiger partial charge in [0.2, 0.25) is 0 Å². The molecule has 1 saturated heterocycles. The van der Waals surface area contributed by atoms with Crippen LogP contribution in [0.3, 0.4) is 0 Å². The van der Waals surface area contributed by atoms with Crippen LogP contribution in [0.4, 0.5) is 0 Å². The van der Waals surface area contributed by atoms with Gasteiger partial charge in [0.25, 0.3) is 0 Å². The second-order valence-corrected chi connectivity index (χ2v) is 7.19. The average molecular weight is 346 g/mol. The van der Waals surface area contributed by atoms with Gasteiger partial charge in [-0.1, -0.05) is 25.0 Å². The number of ether oxygens (including phenoxy) is 4. The van der Waals surface area contributed by atoms with Gasteiger partial charge in [0, 0.05) is 0 Å². The summed E-state index contributed by atoms with van der Waals surface area (Å²) in [6.45, 7) is 4.89. The van der Waals surface area contributed by atoms with Crippen LogP contribution >= 0.6 is 0 Å². The first-order valence-electron chi connectivity index (χ1n) is 9.36. The lowest BCUT2D eigenvalue weighted by Crippen LogP contribution is -2.24. The molecule has 0 spiro atoms. The molecule has 1 saturated carbocycles. The standard InChI is InChI=1S/C21H30O4/c1-16(12-23-13-17-7-9-20(22-2)10-8-17)11-21-24-14-18-5-3-4-6-19(18)15-25-21/h7-11,18-19,21H,3-6,12-15H2,1-2H3/b16-11+/t18-,19+,21?. The van der Waals surface area contributed by atoms with Crippen LogP contribution in [-0.2, 0) is 20.8 Å². The molecule has 2 aliphatic rings. The van der Waals surface area contributed by atoms with Gasteiger partial charge in [0.05, 0.1) is 33.5 Å². The largest absolute Gasteiger partial charge is 0.497 e. The van der Waals surface area contributed by atoms with Crippen molar-refractivity contribution in [2.75, 3.05) is 26.9 Å². The van der Waals surface area contributed by atoms with Crippen molar-refractivity contribution >= 4 is 0 Å². The smallest absolute Gasteiger partial charge is 0.177 e. The Bertz CT molecular complexity index is 536. The SMILES string of the molecule is COc1ccc(COC/C(C)=C/C2OC[C@H]3CCCC[C@H]3CO2)cc1. The molecule has 1 unspecified atom stereocenters. The maximum absolute atomic E-state index is 5.97. The highest BCUT2D eigenvalue weighted by molar-refractivity contribution is 5.26. The molecular formula is C21H30O4. The molecule has 0 amide bonds. The molecule has 0 N–H and O–H groups in total. The third-order valence-electron chi connectivity index (χ3n) is 5.19. The highest BCUT2D eigenvalue weighted by Gasteiger charge is 2.29. The predicted molar refractivity (Wildman–Crippen MR) is 97.5 cm³/mol. The maximum atomic E-state index is 5.97. The van der Waals surface area contributed by atoms with Crippen molar-refractivity contribution in [2.24, 2.45) is 11.8 Å². The molecule has 0 radical (unpaired) electrons. The van der Waals surface area contributed by atoms with Gasteiger partial charge in [0.1, 0.15) is 5.75 Å². The van der Waals surface area contributed by atoms with Crippen LogP contribution in [0.5, 0.6) is 5.75 Å². The monoisotopic (exact) mass is 346 g/mol. The normalized spacial score (nSPS) is 27.4. The molecule has 3 rings (SSSR count). The van der Waals surface area contributed by atoms with Gasteiger partial charge < -0.3 is 18.9 Å². The van der Waals surface area contributed by atoms with E-state index in [1.807, 2.05) is 24.3 Å². The highest BCUT2D eigenvalue weighted by Crippen LogP contribution is 2.33. The van der Waals surface area contributed by atoms with E-state index in [1.54, 1.807) is 7.11 Å². The first kappa shape index (κ1) is 18.4. The summed E-state index contributed by atoms with van der Waals surface area (Å²) in [6, 6.07) is 7.95. The molecule has 1 aromatic rings. The predicted octanol–water partition coefficient (Wildman–Crippen LogP) is 4.34. The number of rotatable bonds is 6. The fourth-order valence-electron chi connectivity index (χ4n) is 3.64. The van der Waals surface area contributed by atoms with Gasteiger partial charge in [-0.25, -0.2) is 0 Å². The Morgan fingerprint density at radius 3 is 2.32 bits per heavy atom. The van der Waals surface area contributed by atoms with Gasteiger partial charge in [-0.05, 0) is 60.9 Å². The summed E-state index contributed by atoms with van der Waals surface area (Å²) in [5, 5.41) is 0. The Hall–Kier alpha value is -1.36. The van der Waals surface area contributed by atoms with Crippen LogP contribution in [0.25, 0.3) is 0 Å². The lowest BCUT2D eigenvalue weighted by Gasteiger charge is -2.27. The molecule has 0 bridgehead atoms. The van der Waals surface area contributed by atoms with E-state index in [1.165, 1.54) is 25.7 Å². The van der Waals surface area contributed by atoms with Crippen LogP contribution in [0.2, 0.25) is 0 Å². The first-order chi connectivity index (χ1) is 12.2. The topological polar surface area (TPSA) is 36.9 Å². The quantitative estimate of drug-likeness (QED) is 0.718. The average Bonchev–Trinajstić information content (AvgIpc) is 2.85. The summed E-state index contributed by atoms with van der Waals surface area (Å²) in [7, 11) is 1.67. The first-order valence-corrected chi connectivity index (χ1v) is 9.36. The van der Waals surface area contributed by atoms with E-state index >= 15 is 0 Å². The van der Waals surface area contributed by atoms with Crippen molar-refractivity contribution in [2.45, 2.75) is 45.5 Å². The van der Waals surface area contributed by atoms with Gasteiger partial charge >= 0.3 is 0 Å². The van der Waals surface area contributed by atoms with Crippen molar-refractivity contribution in [1.82, 2.24) is 0 Å². The van der Waals surface area contributed by atoms with E-state index in [-0.39, 0.29) is 6.29 Å². The van der Waals surface area contributed by atoms with E-state index in [9.17, 15) is 0 Å². The minimum atomic E-state index is -0.227. The molecule has 1 aliphatic heterocycles. The second-order valence-electron chi connectivity index (χ2n) is 7.19. The Morgan fingerprint density at radius 1 is 1.08 bits per heavy atom.